The Balaban J connectivity index is 2.15. The summed E-state index contributed by atoms with van der Waals surface area (Å²) >= 11 is 0. The molecule has 0 saturated carbocycles. The third-order valence-corrected chi connectivity index (χ3v) is 5.49. The van der Waals surface area contributed by atoms with Crippen molar-refractivity contribution in [2.24, 2.45) is 17.8 Å². The van der Waals surface area contributed by atoms with Crippen LogP contribution in [0.25, 0.3) is 0 Å². The number of hydrogen-bond donors (Lipinski definition) is 5. The van der Waals surface area contributed by atoms with Gasteiger partial charge in [0.15, 0.2) is 0 Å². The molecule has 0 spiro atoms. The summed E-state index contributed by atoms with van der Waals surface area (Å²) in [4.78, 5) is 50.0. The fraction of sp³-hybridized carbons (Fsp3) is 0.545. The fourth-order valence-corrected chi connectivity index (χ4v) is 3.85. The van der Waals surface area contributed by atoms with Crippen LogP contribution in [0, 0.1) is 17.8 Å². The minimum atomic E-state index is -1.16. The molecule has 1 fully saturated rings. The second-order valence-corrected chi connectivity index (χ2v) is 8.51. The molecule has 0 aliphatic carbocycles. The maximum atomic E-state index is 13.1. The topological polar surface area (TPSA) is 148 Å². The Hall–Kier alpha value is -2.98. The zero-order valence-corrected chi connectivity index (χ0v) is 18.6. The first kappa shape index (κ1) is 25.3. The van der Waals surface area contributed by atoms with E-state index in [4.69, 9.17) is 0 Å². The minimum Gasteiger partial charge on any atom is -0.391 e. The van der Waals surface area contributed by atoms with Crippen molar-refractivity contribution in [2.45, 2.75) is 58.6 Å². The largest absolute Gasteiger partial charge is 0.391 e. The number of aryl methyl sites for hydroxylation is 1. The van der Waals surface area contributed by atoms with E-state index in [1.807, 2.05) is 44.2 Å². The van der Waals surface area contributed by atoms with Gasteiger partial charge in [0.1, 0.15) is 6.04 Å². The van der Waals surface area contributed by atoms with Crippen molar-refractivity contribution in [1.29, 1.82) is 0 Å². The molecule has 1 aromatic carbocycles. The summed E-state index contributed by atoms with van der Waals surface area (Å²) < 4.78 is 0. The molecule has 10 heteroatoms. The Morgan fingerprint density at radius 1 is 1.09 bits per heavy atom. The van der Waals surface area contributed by atoms with Gasteiger partial charge in [-0.15, -0.1) is 0 Å². The molecule has 0 aromatic heterocycles. The van der Waals surface area contributed by atoms with Crippen molar-refractivity contribution in [1.82, 2.24) is 21.2 Å². The summed E-state index contributed by atoms with van der Waals surface area (Å²) in [6.45, 7) is 5.12. The lowest BCUT2D eigenvalue weighted by Gasteiger charge is -2.27. The maximum Gasteiger partial charge on any atom is 0.344 e. The Morgan fingerprint density at radius 3 is 2.28 bits per heavy atom. The summed E-state index contributed by atoms with van der Waals surface area (Å²) in [6.07, 6.45) is 0.777. The quantitative estimate of drug-likeness (QED) is 0.195. The number of nitrogens with zero attached hydrogens (tertiary/aromatic N) is 1. The van der Waals surface area contributed by atoms with Crippen molar-refractivity contribution < 1.29 is 29.5 Å². The molecular formula is C22H32N4O6. The lowest BCUT2D eigenvalue weighted by Crippen LogP contribution is -2.52. The van der Waals surface area contributed by atoms with Gasteiger partial charge in [-0.1, -0.05) is 44.2 Å². The van der Waals surface area contributed by atoms with Gasteiger partial charge in [0.25, 0.3) is 5.91 Å². The number of hydroxylamine groups is 1. The smallest absolute Gasteiger partial charge is 0.344 e. The molecule has 1 saturated heterocycles. The van der Waals surface area contributed by atoms with Gasteiger partial charge in [0.05, 0.1) is 17.9 Å². The molecule has 5 amide bonds. The molecule has 1 heterocycles. The highest BCUT2D eigenvalue weighted by Crippen LogP contribution is 2.27. The number of imide groups is 1. The van der Waals surface area contributed by atoms with E-state index >= 15 is 0 Å². The molecule has 176 valence electrons. The van der Waals surface area contributed by atoms with Crippen molar-refractivity contribution in [3.8, 4) is 0 Å². The maximum absolute atomic E-state index is 13.1. The van der Waals surface area contributed by atoms with E-state index in [2.05, 4.69) is 10.7 Å². The summed E-state index contributed by atoms with van der Waals surface area (Å²) in [7, 11) is 0. The van der Waals surface area contributed by atoms with Gasteiger partial charge < -0.3 is 10.4 Å². The van der Waals surface area contributed by atoms with Crippen LogP contribution >= 0.6 is 0 Å². The van der Waals surface area contributed by atoms with Gasteiger partial charge >= 0.3 is 6.03 Å². The van der Waals surface area contributed by atoms with Crippen molar-refractivity contribution in [3.63, 3.8) is 0 Å². The van der Waals surface area contributed by atoms with Crippen molar-refractivity contribution in [2.75, 3.05) is 0 Å². The highest BCUT2D eigenvalue weighted by Gasteiger charge is 2.43. The summed E-state index contributed by atoms with van der Waals surface area (Å²) in [6, 6.07) is 7.66. The second-order valence-electron chi connectivity index (χ2n) is 8.51. The van der Waals surface area contributed by atoms with E-state index < -0.39 is 47.7 Å². The molecule has 1 aliphatic heterocycles. The molecule has 2 rings (SSSR count). The summed E-state index contributed by atoms with van der Waals surface area (Å²) in [5, 5.41) is 21.8. The van der Waals surface area contributed by atoms with Gasteiger partial charge in [-0.3, -0.25) is 25.0 Å². The van der Waals surface area contributed by atoms with E-state index in [1.165, 1.54) is 6.92 Å². The molecule has 5 N–H and O–H groups in total. The SMILES string of the molecule is CC(C)CC(C(=O)NN1C(=O)NC([C@@H](C)O)C1=O)[C@H](CCCc1ccccc1)C(=O)NO. The molecule has 1 aromatic rings. The van der Waals surface area contributed by atoms with Crippen LogP contribution in [0.5, 0.6) is 0 Å². The van der Waals surface area contributed by atoms with Gasteiger partial charge in [-0.05, 0) is 44.1 Å². The number of aliphatic hydroxyl groups excluding tert-OH is 1. The zero-order chi connectivity index (χ0) is 23.8. The third-order valence-electron chi connectivity index (χ3n) is 5.49. The third kappa shape index (κ3) is 6.51. The predicted molar refractivity (Wildman–Crippen MR) is 115 cm³/mol. The van der Waals surface area contributed by atoms with Crippen LogP contribution in [-0.4, -0.2) is 51.2 Å². The number of nitrogens with one attached hydrogen (secondary N) is 3. The highest BCUT2D eigenvalue weighted by atomic mass is 16.5. The number of urea groups is 1. The van der Waals surface area contributed by atoms with Gasteiger partial charge in [-0.2, -0.15) is 5.01 Å². The van der Waals surface area contributed by atoms with E-state index in [0.717, 1.165) is 5.56 Å². The highest BCUT2D eigenvalue weighted by molar-refractivity contribution is 6.05. The Kier molecular flexibility index (Phi) is 9.15. The summed E-state index contributed by atoms with van der Waals surface area (Å²) in [5.41, 5.74) is 5.03. The van der Waals surface area contributed by atoms with E-state index in [-0.39, 0.29) is 5.92 Å². The van der Waals surface area contributed by atoms with Crippen LogP contribution in [0.1, 0.15) is 45.6 Å². The first-order chi connectivity index (χ1) is 15.1. The fourth-order valence-electron chi connectivity index (χ4n) is 3.85. The second kappa shape index (κ2) is 11.6. The van der Waals surface area contributed by atoms with Crippen LogP contribution in [0.15, 0.2) is 30.3 Å². The number of benzene rings is 1. The summed E-state index contributed by atoms with van der Waals surface area (Å²) in [5.74, 6) is -3.88. The number of aliphatic hydroxyl groups is 1. The zero-order valence-electron chi connectivity index (χ0n) is 18.6. The molecule has 0 bridgehead atoms. The molecule has 32 heavy (non-hydrogen) atoms. The first-order valence-electron chi connectivity index (χ1n) is 10.8. The van der Waals surface area contributed by atoms with Gasteiger partial charge in [0.2, 0.25) is 11.8 Å². The normalized spacial score (nSPS) is 18.8. The average Bonchev–Trinajstić information content (AvgIpc) is 3.04. The minimum absolute atomic E-state index is 0.0298. The molecule has 4 atom stereocenters. The number of hydrazine groups is 1. The molecule has 1 aliphatic rings. The number of amides is 5. The molecule has 2 unspecified atom stereocenters. The number of hydrogen-bond acceptors (Lipinski definition) is 6. The number of carbonyl (C=O) groups excluding carboxylic acids is 4. The van der Waals surface area contributed by atoms with E-state index in [9.17, 15) is 29.5 Å². The predicted octanol–water partition coefficient (Wildman–Crippen LogP) is 1.13. The lowest BCUT2D eigenvalue weighted by atomic mass is 9.81. The standard InChI is InChI=1S/C22H32N4O6/c1-13(2)12-17(19(28)24-26-21(30)18(14(3)27)23-22(26)31)16(20(29)25-32)11-7-10-15-8-5-4-6-9-15/h4-6,8-9,13-14,16-18,27,32H,7,10-12H2,1-3H3,(H,23,31)(H,24,28)(H,25,29)/t14-,16+,17?,18?/m1/s1. The van der Waals surface area contributed by atoms with E-state index in [0.29, 0.717) is 30.7 Å². The Labute approximate surface area is 187 Å². The van der Waals surface area contributed by atoms with Crippen molar-refractivity contribution >= 4 is 23.8 Å². The number of carbonyl (C=O) groups is 4. The monoisotopic (exact) mass is 448 g/mol. The average molecular weight is 449 g/mol. The Bertz CT molecular complexity index is 814. The van der Waals surface area contributed by atoms with Gasteiger partial charge in [0, 0.05) is 0 Å². The first-order valence-corrected chi connectivity index (χ1v) is 10.8. The van der Waals surface area contributed by atoms with Crippen LogP contribution in [-0.2, 0) is 20.8 Å². The van der Waals surface area contributed by atoms with Crippen LogP contribution < -0.4 is 16.2 Å². The van der Waals surface area contributed by atoms with Crippen molar-refractivity contribution in [3.05, 3.63) is 35.9 Å². The van der Waals surface area contributed by atoms with Crippen LogP contribution in [0.3, 0.4) is 0 Å². The molecule has 0 radical (unpaired) electrons. The Morgan fingerprint density at radius 2 is 1.75 bits per heavy atom. The number of rotatable bonds is 11. The van der Waals surface area contributed by atoms with Crippen LogP contribution in [0.4, 0.5) is 4.79 Å². The molecule has 10 nitrogen and oxygen atoms in total. The van der Waals surface area contributed by atoms with Gasteiger partial charge in [-0.25, -0.2) is 10.3 Å². The molecular weight excluding hydrogens is 416 g/mol. The van der Waals surface area contributed by atoms with E-state index in [1.54, 1.807) is 5.48 Å². The van der Waals surface area contributed by atoms with Crippen LogP contribution in [0.2, 0.25) is 0 Å². The lowest BCUT2D eigenvalue weighted by molar-refractivity contribution is -0.145.